The van der Waals surface area contributed by atoms with Crippen LogP contribution < -0.4 is 5.73 Å². The van der Waals surface area contributed by atoms with Crippen LogP contribution in [-0.4, -0.2) is 53.3 Å². The van der Waals surface area contributed by atoms with E-state index >= 15 is 0 Å². The van der Waals surface area contributed by atoms with Crippen LogP contribution in [0.4, 0.5) is 0 Å². The Balaban J connectivity index is 2.69. The molecule has 1 heterocycles. The van der Waals surface area contributed by atoms with Crippen molar-refractivity contribution in [3.63, 3.8) is 0 Å². The SMILES string of the molecule is CC(=O)N1CCN(C(=O)C(C)(C)C(C)(C)N)CC1. The summed E-state index contributed by atoms with van der Waals surface area (Å²) in [4.78, 5) is 27.3. The van der Waals surface area contributed by atoms with Gasteiger partial charge in [0.2, 0.25) is 11.8 Å². The summed E-state index contributed by atoms with van der Waals surface area (Å²) in [5, 5.41) is 0. The van der Waals surface area contributed by atoms with Gasteiger partial charge in [-0.1, -0.05) is 0 Å². The molecule has 0 aromatic heterocycles. The average Bonchev–Trinajstić information content (AvgIpc) is 2.26. The van der Waals surface area contributed by atoms with Gasteiger partial charge < -0.3 is 15.5 Å². The maximum atomic E-state index is 12.5. The van der Waals surface area contributed by atoms with Crippen LogP contribution in [-0.2, 0) is 9.59 Å². The van der Waals surface area contributed by atoms with Crippen LogP contribution in [0.5, 0.6) is 0 Å². The summed E-state index contributed by atoms with van der Waals surface area (Å²) in [5.41, 5.74) is 4.91. The van der Waals surface area contributed by atoms with Crippen molar-refractivity contribution in [3.05, 3.63) is 0 Å². The van der Waals surface area contributed by atoms with Gasteiger partial charge in [0.15, 0.2) is 0 Å². The Morgan fingerprint density at radius 3 is 1.67 bits per heavy atom. The molecule has 0 unspecified atom stereocenters. The number of piperazine rings is 1. The molecular weight excluding hydrogens is 230 g/mol. The number of nitrogens with two attached hydrogens (primary N) is 1. The summed E-state index contributed by atoms with van der Waals surface area (Å²) >= 11 is 0. The predicted molar refractivity (Wildman–Crippen MR) is 70.9 cm³/mol. The number of amides is 2. The van der Waals surface area contributed by atoms with Gasteiger partial charge in [-0.05, 0) is 27.7 Å². The van der Waals surface area contributed by atoms with E-state index in [1.54, 1.807) is 11.8 Å². The first-order valence-electron chi connectivity index (χ1n) is 6.41. The fourth-order valence-corrected chi connectivity index (χ4v) is 1.90. The van der Waals surface area contributed by atoms with Crippen LogP contribution in [0, 0.1) is 5.41 Å². The van der Waals surface area contributed by atoms with E-state index in [2.05, 4.69) is 0 Å². The Kier molecular flexibility index (Phi) is 4.05. The first-order chi connectivity index (χ1) is 8.07. The molecule has 0 saturated carbocycles. The Morgan fingerprint density at radius 2 is 1.33 bits per heavy atom. The monoisotopic (exact) mass is 255 g/mol. The lowest BCUT2D eigenvalue weighted by molar-refractivity contribution is -0.147. The highest BCUT2D eigenvalue weighted by atomic mass is 16.2. The van der Waals surface area contributed by atoms with Gasteiger partial charge >= 0.3 is 0 Å². The third-order valence-corrected chi connectivity index (χ3v) is 4.16. The number of hydrogen-bond donors (Lipinski definition) is 1. The molecule has 1 fully saturated rings. The van der Waals surface area contributed by atoms with Gasteiger partial charge in [-0.3, -0.25) is 9.59 Å². The van der Waals surface area contributed by atoms with Gasteiger partial charge in [0, 0.05) is 38.6 Å². The van der Waals surface area contributed by atoms with E-state index in [1.807, 2.05) is 32.6 Å². The quantitative estimate of drug-likeness (QED) is 0.778. The van der Waals surface area contributed by atoms with Crippen molar-refractivity contribution in [1.82, 2.24) is 9.80 Å². The minimum atomic E-state index is -0.606. The normalized spacial score (nSPS) is 17.9. The van der Waals surface area contributed by atoms with Crippen molar-refractivity contribution in [3.8, 4) is 0 Å². The van der Waals surface area contributed by atoms with E-state index in [4.69, 9.17) is 5.73 Å². The van der Waals surface area contributed by atoms with Crippen molar-refractivity contribution in [2.24, 2.45) is 11.1 Å². The fraction of sp³-hybridized carbons (Fsp3) is 0.846. The highest BCUT2D eigenvalue weighted by molar-refractivity contribution is 5.84. The molecule has 0 aromatic rings. The van der Waals surface area contributed by atoms with Crippen LogP contribution in [0.1, 0.15) is 34.6 Å². The Hall–Kier alpha value is -1.10. The lowest BCUT2D eigenvalue weighted by Gasteiger charge is -2.43. The predicted octanol–water partition coefficient (Wildman–Crippen LogP) is 0.441. The molecule has 2 N–H and O–H groups in total. The fourth-order valence-electron chi connectivity index (χ4n) is 1.90. The zero-order valence-electron chi connectivity index (χ0n) is 12.1. The standard InChI is InChI=1S/C13H25N3O2/c1-10(17)15-6-8-16(9-7-15)11(18)12(2,3)13(4,5)14/h6-9,14H2,1-5H3. The summed E-state index contributed by atoms with van der Waals surface area (Å²) < 4.78 is 0. The lowest BCUT2D eigenvalue weighted by atomic mass is 9.74. The Labute approximate surface area is 109 Å². The van der Waals surface area contributed by atoms with E-state index in [0.29, 0.717) is 26.2 Å². The van der Waals surface area contributed by atoms with Crippen molar-refractivity contribution >= 4 is 11.8 Å². The maximum Gasteiger partial charge on any atom is 0.230 e. The number of carbonyl (C=O) groups excluding carboxylic acids is 2. The lowest BCUT2D eigenvalue weighted by Crippen LogP contribution is -2.59. The third-order valence-electron chi connectivity index (χ3n) is 4.16. The van der Waals surface area contributed by atoms with Gasteiger partial charge in [0.1, 0.15) is 0 Å². The van der Waals surface area contributed by atoms with E-state index in [9.17, 15) is 9.59 Å². The molecule has 0 bridgehead atoms. The molecule has 0 radical (unpaired) electrons. The van der Waals surface area contributed by atoms with Crippen LogP contribution in [0.15, 0.2) is 0 Å². The van der Waals surface area contributed by atoms with Crippen LogP contribution >= 0.6 is 0 Å². The number of nitrogens with zero attached hydrogens (tertiary/aromatic N) is 2. The van der Waals surface area contributed by atoms with Gasteiger partial charge in [-0.25, -0.2) is 0 Å². The summed E-state index contributed by atoms with van der Waals surface area (Å²) in [7, 11) is 0. The van der Waals surface area contributed by atoms with Crippen LogP contribution in [0.2, 0.25) is 0 Å². The molecule has 1 aliphatic rings. The smallest absolute Gasteiger partial charge is 0.230 e. The minimum absolute atomic E-state index is 0.0678. The van der Waals surface area contributed by atoms with Gasteiger partial charge in [-0.2, -0.15) is 0 Å². The summed E-state index contributed by atoms with van der Waals surface area (Å²) in [6.45, 7) is 11.5. The average molecular weight is 255 g/mol. The zero-order chi connectivity index (χ0) is 14.1. The molecule has 1 aliphatic heterocycles. The minimum Gasteiger partial charge on any atom is -0.339 e. The van der Waals surface area contributed by atoms with E-state index in [1.165, 1.54) is 0 Å². The molecule has 5 heteroatoms. The van der Waals surface area contributed by atoms with Crippen molar-refractivity contribution < 1.29 is 9.59 Å². The summed E-state index contributed by atoms with van der Waals surface area (Å²) in [6.07, 6.45) is 0. The van der Waals surface area contributed by atoms with Crippen LogP contribution in [0.25, 0.3) is 0 Å². The second-order valence-corrected chi connectivity index (χ2v) is 6.14. The second-order valence-electron chi connectivity index (χ2n) is 6.14. The molecule has 2 amide bonds. The van der Waals surface area contributed by atoms with Gasteiger partial charge in [0.05, 0.1) is 5.41 Å². The summed E-state index contributed by atoms with van der Waals surface area (Å²) in [5.74, 6) is 0.138. The second kappa shape index (κ2) is 4.88. The maximum absolute atomic E-state index is 12.5. The van der Waals surface area contributed by atoms with Crippen LogP contribution in [0.3, 0.4) is 0 Å². The molecule has 0 aliphatic carbocycles. The van der Waals surface area contributed by atoms with Crippen molar-refractivity contribution in [2.45, 2.75) is 40.2 Å². The highest BCUT2D eigenvalue weighted by Gasteiger charge is 2.43. The largest absolute Gasteiger partial charge is 0.339 e. The number of rotatable bonds is 2. The first kappa shape index (κ1) is 15.0. The number of carbonyl (C=O) groups is 2. The van der Waals surface area contributed by atoms with Crippen molar-refractivity contribution in [1.29, 1.82) is 0 Å². The highest BCUT2D eigenvalue weighted by Crippen LogP contribution is 2.30. The molecule has 18 heavy (non-hydrogen) atoms. The Morgan fingerprint density at radius 1 is 0.944 bits per heavy atom. The van der Waals surface area contributed by atoms with Gasteiger partial charge in [0.25, 0.3) is 0 Å². The molecule has 0 atom stereocenters. The Bertz CT molecular complexity index is 337. The zero-order valence-corrected chi connectivity index (χ0v) is 12.1. The third kappa shape index (κ3) is 2.83. The molecule has 5 nitrogen and oxygen atoms in total. The molecule has 0 spiro atoms. The van der Waals surface area contributed by atoms with Gasteiger partial charge in [-0.15, -0.1) is 0 Å². The molecular formula is C13H25N3O2. The topological polar surface area (TPSA) is 66.6 Å². The number of hydrogen-bond acceptors (Lipinski definition) is 3. The molecule has 1 rings (SSSR count). The molecule has 104 valence electrons. The van der Waals surface area contributed by atoms with E-state index < -0.39 is 11.0 Å². The van der Waals surface area contributed by atoms with E-state index in [0.717, 1.165) is 0 Å². The van der Waals surface area contributed by atoms with E-state index in [-0.39, 0.29) is 11.8 Å². The summed E-state index contributed by atoms with van der Waals surface area (Å²) in [6, 6.07) is 0. The molecule has 0 aromatic carbocycles. The first-order valence-corrected chi connectivity index (χ1v) is 6.41. The van der Waals surface area contributed by atoms with Crippen molar-refractivity contribution in [2.75, 3.05) is 26.2 Å². The molecule has 1 saturated heterocycles.